The van der Waals surface area contributed by atoms with Crippen LogP contribution in [0.3, 0.4) is 0 Å². The third kappa shape index (κ3) is 1.70. The highest BCUT2D eigenvalue weighted by molar-refractivity contribution is 6.09. The van der Waals surface area contributed by atoms with Gasteiger partial charge in [0.2, 0.25) is 0 Å². The summed E-state index contributed by atoms with van der Waals surface area (Å²) >= 11 is 0. The second-order valence-electron chi connectivity index (χ2n) is 9.17. The quantitative estimate of drug-likeness (QED) is 0.373. The molecular formula is C26H25NO. The highest BCUT2D eigenvalue weighted by Gasteiger charge is 2.62. The van der Waals surface area contributed by atoms with Gasteiger partial charge in [0.25, 0.3) is 0 Å². The summed E-state index contributed by atoms with van der Waals surface area (Å²) in [6.45, 7) is 9.47. The Balaban J connectivity index is 1.68. The summed E-state index contributed by atoms with van der Waals surface area (Å²) in [6.07, 6.45) is 1.15. The van der Waals surface area contributed by atoms with Crippen molar-refractivity contribution in [1.29, 1.82) is 0 Å². The molecule has 1 aliphatic carbocycles. The van der Waals surface area contributed by atoms with Crippen LogP contribution in [0.25, 0.3) is 21.9 Å². The Bertz CT molecular complexity index is 1270. The molecular weight excluding hydrogens is 342 g/mol. The molecule has 28 heavy (non-hydrogen) atoms. The number of aryl methyl sites for hydroxylation is 1. The van der Waals surface area contributed by atoms with Gasteiger partial charge in [-0.15, -0.1) is 0 Å². The van der Waals surface area contributed by atoms with Crippen molar-refractivity contribution in [2.45, 2.75) is 51.1 Å². The maximum Gasteiger partial charge on any atom is 0.159 e. The third-order valence-corrected chi connectivity index (χ3v) is 7.64. The van der Waals surface area contributed by atoms with E-state index >= 15 is 0 Å². The Morgan fingerprint density at radius 2 is 1.61 bits per heavy atom. The first-order valence-corrected chi connectivity index (χ1v) is 10.3. The number of hydrogen-bond donors (Lipinski definition) is 0. The molecule has 1 saturated heterocycles. The topological polar surface area (TPSA) is 16.4 Å². The molecule has 6 rings (SSSR count). The van der Waals surface area contributed by atoms with Crippen molar-refractivity contribution < 1.29 is 4.42 Å². The van der Waals surface area contributed by atoms with Crippen LogP contribution >= 0.6 is 0 Å². The van der Waals surface area contributed by atoms with Crippen molar-refractivity contribution in [3.8, 4) is 0 Å². The van der Waals surface area contributed by atoms with Crippen LogP contribution in [0.2, 0.25) is 0 Å². The molecule has 2 aliphatic rings. The number of hydrogen-bond acceptors (Lipinski definition) is 2. The van der Waals surface area contributed by atoms with Crippen molar-refractivity contribution in [3.63, 3.8) is 0 Å². The van der Waals surface area contributed by atoms with E-state index in [1.165, 1.54) is 33.2 Å². The van der Waals surface area contributed by atoms with E-state index in [0.717, 1.165) is 17.6 Å². The van der Waals surface area contributed by atoms with E-state index in [-0.39, 0.29) is 11.0 Å². The van der Waals surface area contributed by atoms with E-state index in [1.807, 2.05) is 0 Å². The van der Waals surface area contributed by atoms with Crippen molar-refractivity contribution in [2.75, 3.05) is 4.90 Å². The standard InChI is InChI=1S/C26H25NO/c1-16-13-14-19-18-9-5-8-12-22(18)28-24(19)23(16)27-17(2)25(3)15-26(27,4)21-11-7-6-10-20(21)25/h5-14,17H,15H2,1-4H3/t17-,25?,26?/m0/s1. The predicted octanol–water partition coefficient (Wildman–Crippen LogP) is 6.68. The van der Waals surface area contributed by atoms with Gasteiger partial charge in [-0.2, -0.15) is 0 Å². The van der Waals surface area contributed by atoms with Crippen LogP contribution in [0, 0.1) is 6.92 Å². The Morgan fingerprint density at radius 1 is 0.893 bits per heavy atom. The first-order valence-electron chi connectivity index (χ1n) is 10.3. The van der Waals surface area contributed by atoms with E-state index in [1.54, 1.807) is 0 Å². The van der Waals surface area contributed by atoms with Crippen LogP contribution in [-0.2, 0) is 11.0 Å². The van der Waals surface area contributed by atoms with Crippen molar-refractivity contribution in [2.24, 2.45) is 0 Å². The van der Waals surface area contributed by atoms with Crippen LogP contribution in [0.1, 0.15) is 43.9 Å². The van der Waals surface area contributed by atoms with E-state index in [4.69, 9.17) is 4.42 Å². The molecule has 0 radical (unpaired) electrons. The summed E-state index contributed by atoms with van der Waals surface area (Å²) in [4.78, 5) is 2.66. The molecule has 1 aromatic heterocycles. The summed E-state index contributed by atoms with van der Waals surface area (Å²) in [6, 6.07) is 22.3. The molecule has 2 heteroatoms. The molecule has 2 bridgehead atoms. The second kappa shape index (κ2) is 5.00. The minimum Gasteiger partial charge on any atom is -0.454 e. The van der Waals surface area contributed by atoms with E-state index in [2.05, 4.69) is 93.3 Å². The molecule has 3 atom stereocenters. The fourth-order valence-electron chi connectivity index (χ4n) is 6.27. The van der Waals surface area contributed by atoms with Crippen LogP contribution in [0.15, 0.2) is 65.1 Å². The number of rotatable bonds is 1. The molecule has 0 saturated carbocycles. The molecule has 2 nitrogen and oxygen atoms in total. The molecule has 1 fully saturated rings. The second-order valence-corrected chi connectivity index (χ2v) is 9.17. The van der Waals surface area contributed by atoms with Gasteiger partial charge in [-0.1, -0.05) is 61.5 Å². The summed E-state index contributed by atoms with van der Waals surface area (Å²) < 4.78 is 6.46. The number of nitrogens with zero attached hydrogens (tertiary/aromatic N) is 1. The number of benzene rings is 3. The monoisotopic (exact) mass is 367 g/mol. The van der Waals surface area contributed by atoms with Gasteiger partial charge in [0.05, 0.1) is 11.2 Å². The lowest BCUT2D eigenvalue weighted by molar-refractivity contribution is 0.449. The Morgan fingerprint density at radius 3 is 2.43 bits per heavy atom. The van der Waals surface area contributed by atoms with Crippen LogP contribution in [0.4, 0.5) is 5.69 Å². The Hall–Kier alpha value is -2.74. The summed E-state index contributed by atoms with van der Waals surface area (Å²) in [5, 5.41) is 2.42. The molecule has 0 spiro atoms. The predicted molar refractivity (Wildman–Crippen MR) is 116 cm³/mol. The number of para-hydroxylation sites is 1. The molecule has 1 aliphatic heterocycles. The van der Waals surface area contributed by atoms with Crippen molar-refractivity contribution >= 4 is 27.6 Å². The van der Waals surface area contributed by atoms with Gasteiger partial charge in [0.1, 0.15) is 5.58 Å². The molecule has 140 valence electrons. The lowest BCUT2D eigenvalue weighted by atomic mass is 9.78. The van der Waals surface area contributed by atoms with E-state index < -0.39 is 0 Å². The van der Waals surface area contributed by atoms with Gasteiger partial charge in [0.15, 0.2) is 5.58 Å². The highest BCUT2D eigenvalue weighted by atomic mass is 16.3. The molecule has 2 heterocycles. The largest absolute Gasteiger partial charge is 0.454 e. The van der Waals surface area contributed by atoms with Crippen molar-refractivity contribution in [3.05, 3.63) is 77.4 Å². The zero-order valence-corrected chi connectivity index (χ0v) is 16.9. The average Bonchev–Trinajstić information content (AvgIpc) is 3.25. The number of furan rings is 1. The zero-order valence-electron chi connectivity index (χ0n) is 16.9. The highest BCUT2D eigenvalue weighted by Crippen LogP contribution is 2.62. The molecule has 3 aromatic carbocycles. The molecule has 0 amide bonds. The van der Waals surface area contributed by atoms with Gasteiger partial charge in [-0.25, -0.2) is 0 Å². The lowest BCUT2D eigenvalue weighted by Crippen LogP contribution is -2.49. The summed E-state index contributed by atoms with van der Waals surface area (Å²) in [5.74, 6) is 0. The van der Waals surface area contributed by atoms with Gasteiger partial charge in [-0.05, 0) is 49.9 Å². The summed E-state index contributed by atoms with van der Waals surface area (Å²) in [7, 11) is 0. The number of fused-ring (bicyclic) bond motifs is 8. The number of anilines is 1. The minimum atomic E-state index is -0.0111. The SMILES string of the molecule is Cc1ccc2c(oc3ccccc32)c1N1[C@@H](C)C2(C)CC1(C)c1ccccc12. The van der Waals surface area contributed by atoms with Gasteiger partial charge >= 0.3 is 0 Å². The Labute approximate surface area is 165 Å². The first-order chi connectivity index (χ1) is 13.4. The van der Waals surface area contributed by atoms with Crippen LogP contribution in [0.5, 0.6) is 0 Å². The lowest BCUT2D eigenvalue weighted by Gasteiger charge is -2.45. The Kier molecular flexibility index (Phi) is 2.90. The fourth-order valence-corrected chi connectivity index (χ4v) is 6.27. The van der Waals surface area contributed by atoms with Gasteiger partial charge < -0.3 is 9.32 Å². The minimum absolute atomic E-state index is 0.0111. The first kappa shape index (κ1) is 16.2. The third-order valence-electron chi connectivity index (χ3n) is 7.64. The van der Waals surface area contributed by atoms with E-state index in [0.29, 0.717) is 6.04 Å². The maximum atomic E-state index is 6.46. The van der Waals surface area contributed by atoms with Gasteiger partial charge in [-0.3, -0.25) is 0 Å². The maximum absolute atomic E-state index is 6.46. The van der Waals surface area contributed by atoms with Crippen LogP contribution in [-0.4, -0.2) is 6.04 Å². The molecule has 0 N–H and O–H groups in total. The molecule has 2 unspecified atom stereocenters. The zero-order chi connectivity index (χ0) is 19.3. The van der Waals surface area contributed by atoms with E-state index in [9.17, 15) is 0 Å². The smallest absolute Gasteiger partial charge is 0.159 e. The van der Waals surface area contributed by atoms with Gasteiger partial charge in [0, 0.05) is 22.2 Å². The summed E-state index contributed by atoms with van der Waals surface area (Å²) in [5.41, 5.74) is 7.70. The van der Waals surface area contributed by atoms with Crippen LogP contribution < -0.4 is 4.90 Å². The normalized spacial score (nSPS) is 28.4. The average molecular weight is 367 g/mol. The molecule has 4 aromatic rings. The van der Waals surface area contributed by atoms with Crippen molar-refractivity contribution in [1.82, 2.24) is 0 Å². The fraction of sp³-hybridized carbons (Fsp3) is 0.308.